The van der Waals surface area contributed by atoms with Crippen molar-refractivity contribution in [1.29, 1.82) is 0 Å². The van der Waals surface area contributed by atoms with Gasteiger partial charge in [0.25, 0.3) is 22.7 Å². The van der Waals surface area contributed by atoms with Crippen LogP contribution in [-0.4, -0.2) is 19.7 Å². The number of rotatable bonds is 26. The van der Waals surface area contributed by atoms with Crippen LogP contribution in [0.4, 0.5) is 34.1 Å². The monoisotopic (exact) mass is 858 g/mol. The number of hydrogen-bond donors (Lipinski definition) is 2. The second-order valence-corrected chi connectivity index (χ2v) is 14.8. The first-order chi connectivity index (χ1) is 27.3. The van der Waals surface area contributed by atoms with Gasteiger partial charge in [0.2, 0.25) is 0 Å². The van der Waals surface area contributed by atoms with Gasteiger partial charge in [0, 0.05) is 47.1 Å². The molecule has 15 heteroatoms. The van der Waals surface area contributed by atoms with Crippen LogP contribution in [0.2, 0.25) is 0 Å². The number of nitrogens with two attached hydrogens (primary N) is 2. The summed E-state index contributed by atoms with van der Waals surface area (Å²) in [6, 6.07) is 4.61. The van der Waals surface area contributed by atoms with Gasteiger partial charge >= 0.3 is 0 Å². The van der Waals surface area contributed by atoms with Crippen LogP contribution < -0.4 is 11.5 Å². The number of nitrogens with zero attached hydrogens (tertiary/aromatic N) is 4. The highest BCUT2D eigenvalue weighted by atomic mass is 79.9. The predicted molar refractivity (Wildman–Crippen MR) is 234 cm³/mol. The van der Waals surface area contributed by atoms with E-state index in [1.807, 2.05) is 0 Å². The van der Waals surface area contributed by atoms with Gasteiger partial charge in [0.05, 0.1) is 19.7 Å². The zero-order valence-corrected chi connectivity index (χ0v) is 35.5. The smallest absolute Gasteiger partial charge is 0.300 e. The van der Waals surface area contributed by atoms with E-state index in [4.69, 9.17) is 17.9 Å². The summed E-state index contributed by atoms with van der Waals surface area (Å²) in [5, 5.41) is 42.8. The Morgan fingerprint density at radius 2 is 0.789 bits per heavy atom. The third kappa shape index (κ3) is 25.2. The number of nitrogen functional groups attached to an aromatic ring is 2. The first-order valence-electron chi connectivity index (χ1n) is 20.3. The van der Waals surface area contributed by atoms with Gasteiger partial charge in [-0.3, -0.25) is 40.5 Å². The average molecular weight is 860 g/mol. The molecule has 0 spiro atoms. The Balaban J connectivity index is 0.000000910. The summed E-state index contributed by atoms with van der Waals surface area (Å²) in [5.74, 6) is 8.43. The van der Waals surface area contributed by atoms with Crippen molar-refractivity contribution < 1.29 is 19.7 Å². The number of nitro benzene ring substituents is 4. The van der Waals surface area contributed by atoms with E-state index in [-0.39, 0.29) is 10.0 Å². The number of hydrogen-bond acceptors (Lipinski definition) is 10. The van der Waals surface area contributed by atoms with Gasteiger partial charge < -0.3 is 11.5 Å². The maximum absolute atomic E-state index is 11.0. The van der Waals surface area contributed by atoms with E-state index in [0.29, 0.717) is 6.42 Å². The molecule has 0 amide bonds. The van der Waals surface area contributed by atoms with Gasteiger partial charge in [-0.05, 0) is 12.8 Å². The Hall–Kier alpha value is -4.76. The first-order valence-corrected chi connectivity index (χ1v) is 21.1. The second-order valence-electron chi connectivity index (χ2n) is 13.9. The highest BCUT2D eigenvalue weighted by molar-refractivity contribution is 9.10. The molecule has 0 saturated carbocycles. The van der Waals surface area contributed by atoms with E-state index in [9.17, 15) is 40.5 Å². The molecule has 14 nitrogen and oxygen atoms in total. The average Bonchev–Trinajstić information content (AvgIpc) is 3.17. The lowest BCUT2D eigenvalue weighted by atomic mass is 10.1. The van der Waals surface area contributed by atoms with E-state index in [1.54, 1.807) is 0 Å². The SMILES string of the molecule is C#CCCCCCCCCCCCCC.CCCCCCCCCCCCCC#Cc1cc([N+](=O)[O-])c(N)c([N+](=O)[O-])c1.Nc1c([N+](=O)[O-])cc(Br)cc1[N+](=O)[O-]. The topological polar surface area (TPSA) is 225 Å². The molecule has 0 saturated heterocycles. The zero-order valence-electron chi connectivity index (χ0n) is 33.9. The number of terminal acetylenes is 1. The molecule has 0 unspecified atom stereocenters. The van der Waals surface area contributed by atoms with Gasteiger partial charge in [0.15, 0.2) is 11.4 Å². The number of benzene rings is 2. The Bertz CT molecular complexity index is 1550. The summed E-state index contributed by atoms with van der Waals surface area (Å²) in [6.07, 6.45) is 36.0. The first kappa shape index (κ1) is 52.2. The summed E-state index contributed by atoms with van der Waals surface area (Å²) >= 11 is 2.92. The van der Waals surface area contributed by atoms with Crippen LogP contribution in [-0.2, 0) is 0 Å². The molecule has 0 radical (unpaired) electrons. The van der Waals surface area contributed by atoms with Crippen LogP contribution in [0.15, 0.2) is 28.7 Å². The molecule has 0 aliphatic rings. The van der Waals surface area contributed by atoms with Crippen molar-refractivity contribution in [3.05, 3.63) is 74.8 Å². The molecule has 0 aliphatic carbocycles. The lowest BCUT2D eigenvalue weighted by Crippen LogP contribution is -2.01. The maximum Gasteiger partial charge on any atom is 0.300 e. The molecule has 2 aromatic carbocycles. The summed E-state index contributed by atoms with van der Waals surface area (Å²) < 4.78 is 0.241. The second kappa shape index (κ2) is 33.4. The number of anilines is 2. The molecule has 0 aromatic heterocycles. The van der Waals surface area contributed by atoms with Crippen LogP contribution >= 0.6 is 15.9 Å². The van der Waals surface area contributed by atoms with Gasteiger partial charge in [-0.2, -0.15) is 0 Å². The standard InChI is InChI=1S/C21H31N3O4.C15H28.C6H4BrN3O4/c1-2-3-4-5-6-7-8-9-10-11-12-13-14-15-18-16-19(23(25)26)21(22)20(17-18)24(27)28;1-3-5-7-9-11-13-15-14-12-10-8-6-4-2;7-3-1-4(9(11)12)6(8)5(2-3)10(13)14/h16-17H,2-13,22H2,1H3;1H,4-15H2,2H3;1-2H,8H2. The molecule has 4 N–H and O–H groups in total. The summed E-state index contributed by atoms with van der Waals surface area (Å²) in [7, 11) is 0. The van der Waals surface area contributed by atoms with Crippen molar-refractivity contribution in [3.8, 4) is 24.2 Å². The quantitative estimate of drug-likeness (QED) is 0.0299. The van der Waals surface area contributed by atoms with Crippen molar-refractivity contribution in [1.82, 2.24) is 0 Å². The predicted octanol–water partition coefficient (Wildman–Crippen LogP) is 13.3. The molecular formula is C42H63BrN6O8. The van der Waals surface area contributed by atoms with E-state index in [1.165, 1.54) is 141 Å². The molecule has 2 aromatic rings. The lowest BCUT2D eigenvalue weighted by Gasteiger charge is -2.01. The Labute approximate surface area is 347 Å². The minimum absolute atomic E-state index is 0.241. The maximum atomic E-state index is 11.0. The van der Waals surface area contributed by atoms with Crippen molar-refractivity contribution >= 4 is 50.1 Å². The molecule has 316 valence electrons. The van der Waals surface area contributed by atoms with Gasteiger partial charge in [-0.15, -0.1) is 12.3 Å². The van der Waals surface area contributed by atoms with Gasteiger partial charge in [-0.1, -0.05) is 170 Å². The Morgan fingerprint density at radius 3 is 1.09 bits per heavy atom. The number of nitro groups is 4. The minimum Gasteiger partial charge on any atom is -0.387 e. The summed E-state index contributed by atoms with van der Waals surface area (Å²) in [5.41, 5.74) is 8.19. The van der Waals surface area contributed by atoms with E-state index < -0.39 is 53.8 Å². The van der Waals surface area contributed by atoms with Crippen LogP contribution in [0.5, 0.6) is 0 Å². The van der Waals surface area contributed by atoms with E-state index in [2.05, 4.69) is 47.5 Å². The lowest BCUT2D eigenvalue weighted by molar-refractivity contribution is -0.392. The molecule has 0 atom stereocenters. The Kier molecular flexibility index (Phi) is 30.6. The van der Waals surface area contributed by atoms with Crippen molar-refractivity contribution in [2.75, 3.05) is 11.5 Å². The molecular weight excluding hydrogens is 796 g/mol. The van der Waals surface area contributed by atoms with E-state index >= 15 is 0 Å². The van der Waals surface area contributed by atoms with E-state index in [0.717, 1.165) is 31.4 Å². The number of unbranched alkanes of at least 4 members (excludes halogenated alkanes) is 22. The molecule has 0 fully saturated rings. The Morgan fingerprint density at radius 1 is 0.509 bits per heavy atom. The van der Waals surface area contributed by atoms with Gasteiger partial charge in [-0.25, -0.2) is 0 Å². The van der Waals surface area contributed by atoms with Gasteiger partial charge in [0.1, 0.15) is 0 Å². The van der Waals surface area contributed by atoms with Crippen LogP contribution in [0.3, 0.4) is 0 Å². The van der Waals surface area contributed by atoms with Crippen LogP contribution in [0.25, 0.3) is 0 Å². The molecule has 2 rings (SSSR count). The van der Waals surface area contributed by atoms with Crippen molar-refractivity contribution in [3.63, 3.8) is 0 Å². The fraction of sp³-hybridized carbons (Fsp3) is 0.619. The molecule has 57 heavy (non-hydrogen) atoms. The molecule has 0 heterocycles. The normalized spacial score (nSPS) is 10.1. The van der Waals surface area contributed by atoms with Crippen molar-refractivity contribution in [2.45, 2.75) is 168 Å². The molecule has 0 aliphatic heterocycles. The van der Waals surface area contributed by atoms with Crippen molar-refractivity contribution in [2.24, 2.45) is 0 Å². The van der Waals surface area contributed by atoms with Crippen LogP contribution in [0.1, 0.15) is 174 Å². The summed E-state index contributed by atoms with van der Waals surface area (Å²) in [6.45, 7) is 4.50. The third-order valence-electron chi connectivity index (χ3n) is 9.09. The number of halogens is 1. The third-order valence-corrected chi connectivity index (χ3v) is 9.54. The largest absolute Gasteiger partial charge is 0.387 e. The highest BCUT2D eigenvalue weighted by Gasteiger charge is 2.24. The highest BCUT2D eigenvalue weighted by Crippen LogP contribution is 2.35. The minimum atomic E-state index is -0.771. The molecule has 0 bridgehead atoms. The summed E-state index contributed by atoms with van der Waals surface area (Å²) in [4.78, 5) is 39.9. The zero-order chi connectivity index (χ0) is 42.8. The fourth-order valence-corrected chi connectivity index (χ4v) is 6.26. The fourth-order valence-electron chi connectivity index (χ4n) is 5.82. The van der Waals surface area contributed by atoms with Crippen LogP contribution in [0, 0.1) is 64.6 Å².